The third-order valence-electron chi connectivity index (χ3n) is 2.74. The molecule has 1 atom stereocenters. The highest BCUT2D eigenvalue weighted by molar-refractivity contribution is 5.24. The predicted molar refractivity (Wildman–Crippen MR) is 58.5 cm³/mol. The molecule has 2 heteroatoms. The fourth-order valence-electron chi connectivity index (χ4n) is 1.40. The first-order chi connectivity index (χ1) is 6.50. The molecule has 78 valence electrons. The third-order valence-corrected chi connectivity index (χ3v) is 2.74. The van der Waals surface area contributed by atoms with Crippen LogP contribution in [0.15, 0.2) is 35.3 Å². The summed E-state index contributed by atoms with van der Waals surface area (Å²) in [5.41, 5.74) is 2.25. The van der Waals surface area contributed by atoms with Crippen molar-refractivity contribution in [3.63, 3.8) is 0 Å². The summed E-state index contributed by atoms with van der Waals surface area (Å²) in [4.78, 5) is 2.04. The first-order valence-corrected chi connectivity index (χ1v) is 4.94. The zero-order valence-electron chi connectivity index (χ0n) is 9.34. The second-order valence-corrected chi connectivity index (χ2v) is 3.95. The maximum atomic E-state index is 13.3. The van der Waals surface area contributed by atoms with Gasteiger partial charge < -0.3 is 4.90 Å². The van der Waals surface area contributed by atoms with Crippen LogP contribution in [0, 0.1) is 5.92 Å². The fraction of sp³-hybridized carbons (Fsp3) is 0.500. The summed E-state index contributed by atoms with van der Waals surface area (Å²) in [6, 6.07) is 0. The lowest BCUT2D eigenvalue weighted by Gasteiger charge is -2.18. The van der Waals surface area contributed by atoms with Crippen LogP contribution >= 0.6 is 0 Å². The molecular formula is C12H18FN. The highest BCUT2D eigenvalue weighted by Crippen LogP contribution is 2.19. The van der Waals surface area contributed by atoms with Crippen LogP contribution in [0.4, 0.5) is 4.39 Å². The first-order valence-electron chi connectivity index (χ1n) is 4.94. The van der Waals surface area contributed by atoms with Crippen molar-refractivity contribution in [2.75, 3.05) is 13.6 Å². The monoisotopic (exact) mass is 195 g/mol. The minimum absolute atomic E-state index is 0.135. The summed E-state index contributed by atoms with van der Waals surface area (Å²) in [7, 11) is 1.98. The third kappa shape index (κ3) is 2.72. The van der Waals surface area contributed by atoms with Crippen LogP contribution in [-0.2, 0) is 0 Å². The van der Waals surface area contributed by atoms with Crippen LogP contribution in [0.2, 0.25) is 0 Å². The quantitative estimate of drug-likeness (QED) is 0.573. The second-order valence-electron chi connectivity index (χ2n) is 3.95. The molecule has 0 amide bonds. The molecule has 0 spiro atoms. The van der Waals surface area contributed by atoms with Gasteiger partial charge >= 0.3 is 0 Å². The molecule has 1 nitrogen and oxygen atoms in total. The maximum absolute atomic E-state index is 13.3. The van der Waals surface area contributed by atoms with Crippen molar-refractivity contribution in [2.45, 2.75) is 20.8 Å². The van der Waals surface area contributed by atoms with Gasteiger partial charge in [0.15, 0.2) is 0 Å². The molecule has 1 aliphatic heterocycles. The van der Waals surface area contributed by atoms with Gasteiger partial charge in [0.2, 0.25) is 0 Å². The van der Waals surface area contributed by atoms with E-state index in [1.165, 1.54) is 5.70 Å². The molecule has 0 saturated heterocycles. The molecule has 0 N–H and O–H groups in total. The minimum atomic E-state index is -0.135. The highest BCUT2D eigenvalue weighted by Gasteiger charge is 2.07. The van der Waals surface area contributed by atoms with Crippen molar-refractivity contribution in [2.24, 2.45) is 5.92 Å². The molecule has 0 aromatic carbocycles. The number of rotatable bonds is 0. The number of nitrogens with zero attached hydrogens (tertiary/aromatic N) is 1. The van der Waals surface area contributed by atoms with Gasteiger partial charge in [-0.3, -0.25) is 0 Å². The smallest absolute Gasteiger partial charge is 0.120 e. The molecule has 1 unspecified atom stereocenters. The van der Waals surface area contributed by atoms with Crippen molar-refractivity contribution in [3.05, 3.63) is 35.3 Å². The Morgan fingerprint density at radius 1 is 1.43 bits per heavy atom. The predicted octanol–water partition coefficient (Wildman–Crippen LogP) is 3.27. The number of hydrogen-bond donors (Lipinski definition) is 0. The first kappa shape index (κ1) is 11.0. The molecule has 0 radical (unpaired) electrons. The van der Waals surface area contributed by atoms with Crippen molar-refractivity contribution in [1.82, 2.24) is 4.90 Å². The largest absolute Gasteiger partial charge is 0.375 e. The van der Waals surface area contributed by atoms with Gasteiger partial charge in [0.05, 0.1) is 0 Å². The van der Waals surface area contributed by atoms with Crippen molar-refractivity contribution in [1.29, 1.82) is 0 Å². The molecule has 1 aliphatic rings. The summed E-state index contributed by atoms with van der Waals surface area (Å²) < 4.78 is 13.3. The highest BCUT2D eigenvalue weighted by atomic mass is 19.1. The fourth-order valence-corrected chi connectivity index (χ4v) is 1.40. The van der Waals surface area contributed by atoms with E-state index >= 15 is 0 Å². The van der Waals surface area contributed by atoms with Crippen LogP contribution in [0.25, 0.3) is 0 Å². The van der Waals surface area contributed by atoms with Crippen LogP contribution in [0.5, 0.6) is 0 Å². The van der Waals surface area contributed by atoms with E-state index in [-0.39, 0.29) is 5.83 Å². The molecule has 0 bridgehead atoms. The van der Waals surface area contributed by atoms with E-state index in [9.17, 15) is 4.39 Å². The van der Waals surface area contributed by atoms with Crippen molar-refractivity contribution in [3.8, 4) is 0 Å². The van der Waals surface area contributed by atoms with E-state index in [4.69, 9.17) is 0 Å². The van der Waals surface area contributed by atoms with E-state index in [0.29, 0.717) is 12.5 Å². The van der Waals surface area contributed by atoms with Crippen molar-refractivity contribution < 1.29 is 4.39 Å². The second kappa shape index (κ2) is 4.45. The molecular weight excluding hydrogens is 177 g/mol. The molecule has 0 aliphatic carbocycles. The Kier molecular flexibility index (Phi) is 3.50. The summed E-state index contributed by atoms with van der Waals surface area (Å²) >= 11 is 0. The summed E-state index contributed by atoms with van der Waals surface area (Å²) in [6.07, 6.45) is 5.39. The number of halogens is 1. The number of likely N-dealkylation sites (N-methyl/N-ethyl adjacent to an activating group) is 1. The Hall–Kier alpha value is -1.05. The van der Waals surface area contributed by atoms with Crippen LogP contribution in [0.1, 0.15) is 20.8 Å². The lowest BCUT2D eigenvalue weighted by Crippen LogP contribution is -2.16. The zero-order valence-corrected chi connectivity index (χ0v) is 9.34. The lowest BCUT2D eigenvalue weighted by molar-refractivity contribution is 0.457. The molecule has 0 aromatic rings. The SMILES string of the molecule is C/C1=C/C(F)=C\CN(C)/C(C)=C\C1C. The van der Waals surface area contributed by atoms with Gasteiger partial charge in [0, 0.05) is 19.3 Å². The lowest BCUT2D eigenvalue weighted by atomic mass is 10.0. The summed E-state index contributed by atoms with van der Waals surface area (Å²) in [5, 5.41) is 0. The van der Waals surface area contributed by atoms with E-state index < -0.39 is 0 Å². The molecule has 14 heavy (non-hydrogen) atoms. The van der Waals surface area contributed by atoms with E-state index in [0.717, 1.165) is 5.57 Å². The maximum Gasteiger partial charge on any atom is 0.120 e. The average molecular weight is 195 g/mol. The molecule has 0 aromatic heterocycles. The van der Waals surface area contributed by atoms with Crippen LogP contribution in [0.3, 0.4) is 0 Å². The topological polar surface area (TPSA) is 3.24 Å². The summed E-state index contributed by atoms with van der Waals surface area (Å²) in [5.74, 6) is 0.166. The standard InChI is InChI=1S/C12H18FN/c1-9-7-11(3)14(4)6-5-12(13)8-10(9)2/h5,7-9H,6H2,1-4H3/b10-8-,11-7-,12-5+. The Bertz CT molecular complexity index is 299. The van der Waals surface area contributed by atoms with Gasteiger partial charge in [-0.2, -0.15) is 0 Å². The van der Waals surface area contributed by atoms with E-state index in [1.807, 2.05) is 18.9 Å². The Labute approximate surface area is 85.6 Å². The Morgan fingerprint density at radius 3 is 2.71 bits per heavy atom. The zero-order chi connectivity index (χ0) is 10.7. The Morgan fingerprint density at radius 2 is 2.07 bits per heavy atom. The van der Waals surface area contributed by atoms with Gasteiger partial charge in [-0.05, 0) is 31.9 Å². The average Bonchev–Trinajstić information content (AvgIpc) is 2.15. The number of hydrogen-bond acceptors (Lipinski definition) is 1. The number of allylic oxidation sites excluding steroid dienone is 5. The van der Waals surface area contributed by atoms with Crippen LogP contribution in [-0.4, -0.2) is 18.5 Å². The Balaban J connectivity index is 3.01. The van der Waals surface area contributed by atoms with Gasteiger partial charge in [-0.15, -0.1) is 0 Å². The van der Waals surface area contributed by atoms with Gasteiger partial charge in [-0.1, -0.05) is 18.6 Å². The van der Waals surface area contributed by atoms with Gasteiger partial charge in [0.1, 0.15) is 5.83 Å². The molecule has 1 heterocycles. The van der Waals surface area contributed by atoms with Crippen molar-refractivity contribution >= 4 is 0 Å². The molecule has 1 rings (SSSR count). The van der Waals surface area contributed by atoms with E-state index in [1.54, 1.807) is 12.2 Å². The summed E-state index contributed by atoms with van der Waals surface area (Å²) in [6.45, 7) is 6.74. The van der Waals surface area contributed by atoms with Crippen LogP contribution < -0.4 is 0 Å². The van der Waals surface area contributed by atoms with Gasteiger partial charge in [0.25, 0.3) is 0 Å². The minimum Gasteiger partial charge on any atom is -0.375 e. The van der Waals surface area contributed by atoms with E-state index in [2.05, 4.69) is 19.9 Å². The normalized spacial score (nSPS) is 35.4. The molecule has 0 saturated carbocycles. The molecule has 0 fully saturated rings. The van der Waals surface area contributed by atoms with Gasteiger partial charge in [-0.25, -0.2) is 4.39 Å².